The van der Waals surface area contributed by atoms with Crippen molar-refractivity contribution in [3.63, 3.8) is 0 Å². The fourth-order valence-electron chi connectivity index (χ4n) is 1.27. The fourth-order valence-corrected chi connectivity index (χ4v) is 2.69. The third-order valence-corrected chi connectivity index (χ3v) is 3.70. The van der Waals surface area contributed by atoms with Gasteiger partial charge in [-0.05, 0) is 50.0 Å². The Morgan fingerprint density at radius 3 is 2.41 bits per heavy atom. The Bertz CT molecular complexity index is 429. The normalized spacial score (nSPS) is 11.4. The molecule has 0 atom stereocenters. The highest BCUT2D eigenvalue weighted by Gasteiger charge is 2.01. The lowest BCUT2D eigenvalue weighted by Gasteiger charge is -2.05. The molecule has 0 spiro atoms. The molecule has 4 nitrogen and oxygen atoms in total. The molecule has 0 saturated heterocycles. The molecule has 17 heavy (non-hydrogen) atoms. The highest BCUT2D eigenvalue weighted by atomic mass is 32.2. The largest absolute Gasteiger partial charge is 0.320 e. The van der Waals surface area contributed by atoms with Gasteiger partial charge in [0.1, 0.15) is 0 Å². The van der Waals surface area contributed by atoms with Crippen molar-refractivity contribution >= 4 is 27.5 Å². The summed E-state index contributed by atoms with van der Waals surface area (Å²) in [6.07, 6.45) is 2.26. The molecule has 0 heterocycles. The number of sulfonamides is 1. The van der Waals surface area contributed by atoms with Crippen LogP contribution in [0.15, 0.2) is 29.2 Å². The van der Waals surface area contributed by atoms with E-state index >= 15 is 0 Å². The first-order valence-electron chi connectivity index (χ1n) is 5.36. The highest BCUT2D eigenvalue weighted by Crippen LogP contribution is 2.21. The lowest BCUT2D eigenvalue weighted by atomic mass is 10.3. The first-order valence-corrected chi connectivity index (χ1v) is 8.24. The monoisotopic (exact) mass is 274 g/mol. The Balaban J connectivity index is 2.45. The van der Waals surface area contributed by atoms with Crippen molar-refractivity contribution in [1.82, 2.24) is 5.32 Å². The number of hydrogen-bond acceptors (Lipinski definition) is 4. The van der Waals surface area contributed by atoms with Crippen LogP contribution in [-0.4, -0.2) is 34.0 Å². The molecule has 2 N–H and O–H groups in total. The quantitative estimate of drug-likeness (QED) is 0.587. The van der Waals surface area contributed by atoms with Crippen molar-refractivity contribution in [3.8, 4) is 0 Å². The second-order valence-corrected chi connectivity index (χ2v) is 6.62. The van der Waals surface area contributed by atoms with Gasteiger partial charge in [-0.25, -0.2) is 8.42 Å². The van der Waals surface area contributed by atoms with Crippen molar-refractivity contribution in [2.24, 2.45) is 0 Å². The molecule has 0 aromatic heterocycles. The van der Waals surface area contributed by atoms with Gasteiger partial charge in [0.15, 0.2) is 0 Å². The zero-order valence-electron chi connectivity index (χ0n) is 10.1. The summed E-state index contributed by atoms with van der Waals surface area (Å²) < 4.78 is 24.5. The Kier molecular flexibility index (Phi) is 5.80. The second-order valence-electron chi connectivity index (χ2n) is 3.70. The summed E-state index contributed by atoms with van der Waals surface area (Å²) in [6, 6.07) is 7.41. The molecule has 0 aliphatic carbocycles. The molecule has 0 radical (unpaired) electrons. The van der Waals surface area contributed by atoms with Crippen LogP contribution in [0.25, 0.3) is 0 Å². The first-order chi connectivity index (χ1) is 8.01. The van der Waals surface area contributed by atoms with Gasteiger partial charge in [0, 0.05) is 10.6 Å². The van der Waals surface area contributed by atoms with E-state index in [1.54, 1.807) is 23.9 Å². The fraction of sp³-hybridized carbons (Fsp3) is 0.455. The maximum absolute atomic E-state index is 11.0. The summed E-state index contributed by atoms with van der Waals surface area (Å²) in [5.74, 6) is 1.06. The van der Waals surface area contributed by atoms with Crippen LogP contribution in [0.1, 0.15) is 6.42 Å². The minimum atomic E-state index is -3.18. The summed E-state index contributed by atoms with van der Waals surface area (Å²) >= 11 is 1.77. The number of benzene rings is 1. The van der Waals surface area contributed by atoms with Crippen LogP contribution in [0.2, 0.25) is 0 Å². The van der Waals surface area contributed by atoms with Gasteiger partial charge in [-0.1, -0.05) is 0 Å². The van der Waals surface area contributed by atoms with E-state index in [9.17, 15) is 8.42 Å². The smallest absolute Gasteiger partial charge is 0.229 e. The Morgan fingerprint density at radius 2 is 1.88 bits per heavy atom. The molecule has 0 aliphatic heterocycles. The summed E-state index contributed by atoms with van der Waals surface area (Å²) in [4.78, 5) is 1.15. The average Bonchev–Trinajstić information content (AvgIpc) is 2.25. The first kappa shape index (κ1) is 14.3. The van der Waals surface area contributed by atoms with Gasteiger partial charge in [-0.3, -0.25) is 4.72 Å². The van der Waals surface area contributed by atoms with Crippen LogP contribution in [0.5, 0.6) is 0 Å². The lowest BCUT2D eigenvalue weighted by molar-refractivity contribution is 0.607. The Labute approximate surface area is 107 Å². The number of thioether (sulfide) groups is 1. The van der Waals surface area contributed by atoms with Crippen molar-refractivity contribution < 1.29 is 8.42 Å². The minimum absolute atomic E-state index is 0.604. The standard InChI is InChI=1S/C11H18N2O2S2/c1-12-8-3-9-16-11-6-4-10(5-7-11)13-17(2,14)15/h4-7,12-13H,3,8-9H2,1-2H3. The molecule has 0 unspecified atom stereocenters. The van der Waals surface area contributed by atoms with Gasteiger partial charge in [0.25, 0.3) is 0 Å². The number of anilines is 1. The average molecular weight is 274 g/mol. The van der Waals surface area contributed by atoms with Gasteiger partial charge < -0.3 is 5.32 Å². The van der Waals surface area contributed by atoms with Crippen LogP contribution >= 0.6 is 11.8 Å². The van der Waals surface area contributed by atoms with Gasteiger partial charge in [0.2, 0.25) is 10.0 Å². The second kappa shape index (κ2) is 6.88. The van der Waals surface area contributed by atoms with Gasteiger partial charge in [0.05, 0.1) is 6.26 Å². The maximum Gasteiger partial charge on any atom is 0.229 e. The molecule has 0 saturated carbocycles. The number of nitrogens with one attached hydrogen (secondary N) is 2. The summed E-state index contributed by atoms with van der Waals surface area (Å²) in [7, 11) is -1.24. The molecule has 0 bridgehead atoms. The zero-order chi connectivity index (χ0) is 12.7. The van der Waals surface area contributed by atoms with Crippen LogP contribution < -0.4 is 10.0 Å². The van der Waals surface area contributed by atoms with Crippen LogP contribution in [0.4, 0.5) is 5.69 Å². The molecule has 1 rings (SSSR count). The molecule has 1 aromatic carbocycles. The van der Waals surface area contributed by atoms with Crippen molar-refractivity contribution in [2.45, 2.75) is 11.3 Å². The molecule has 1 aromatic rings. The van der Waals surface area contributed by atoms with Gasteiger partial charge >= 0.3 is 0 Å². The molecule has 0 aliphatic rings. The molecule has 6 heteroatoms. The highest BCUT2D eigenvalue weighted by molar-refractivity contribution is 7.99. The number of rotatable bonds is 7. The maximum atomic E-state index is 11.0. The van der Waals surface area contributed by atoms with Crippen LogP contribution in [0, 0.1) is 0 Å². The van der Waals surface area contributed by atoms with Crippen molar-refractivity contribution in [1.29, 1.82) is 0 Å². The minimum Gasteiger partial charge on any atom is -0.320 e. The third kappa shape index (κ3) is 6.55. The summed E-state index contributed by atoms with van der Waals surface area (Å²) in [5, 5.41) is 3.10. The molecule has 0 amide bonds. The van der Waals surface area contributed by atoms with E-state index in [4.69, 9.17) is 0 Å². The lowest BCUT2D eigenvalue weighted by Crippen LogP contribution is -2.09. The van der Waals surface area contributed by atoms with Crippen molar-refractivity contribution in [2.75, 3.05) is 30.3 Å². The summed E-state index contributed by atoms with van der Waals surface area (Å²) in [5.41, 5.74) is 0.604. The Hall–Kier alpha value is -0.720. The topological polar surface area (TPSA) is 58.2 Å². The van der Waals surface area contributed by atoms with E-state index in [1.807, 2.05) is 19.2 Å². The SMILES string of the molecule is CNCCCSc1ccc(NS(C)(=O)=O)cc1. The van der Waals surface area contributed by atoms with E-state index in [2.05, 4.69) is 10.0 Å². The van der Waals surface area contributed by atoms with E-state index < -0.39 is 10.0 Å². The molecular formula is C11H18N2O2S2. The van der Waals surface area contributed by atoms with E-state index in [1.165, 1.54) is 0 Å². The van der Waals surface area contributed by atoms with E-state index in [0.717, 1.165) is 29.9 Å². The third-order valence-electron chi connectivity index (χ3n) is 2.00. The molecule has 96 valence electrons. The number of hydrogen-bond donors (Lipinski definition) is 2. The molecular weight excluding hydrogens is 256 g/mol. The zero-order valence-corrected chi connectivity index (χ0v) is 11.7. The van der Waals surface area contributed by atoms with E-state index in [0.29, 0.717) is 5.69 Å². The van der Waals surface area contributed by atoms with Crippen molar-refractivity contribution in [3.05, 3.63) is 24.3 Å². The Morgan fingerprint density at radius 1 is 1.24 bits per heavy atom. The van der Waals surface area contributed by atoms with Gasteiger partial charge in [-0.2, -0.15) is 0 Å². The van der Waals surface area contributed by atoms with Gasteiger partial charge in [-0.15, -0.1) is 11.8 Å². The predicted octanol–water partition coefficient (Wildman–Crippen LogP) is 1.76. The summed E-state index contributed by atoms with van der Waals surface area (Å²) in [6.45, 7) is 1.01. The van der Waals surface area contributed by atoms with Crippen LogP contribution in [-0.2, 0) is 10.0 Å². The van der Waals surface area contributed by atoms with Crippen LogP contribution in [0.3, 0.4) is 0 Å². The predicted molar refractivity (Wildman–Crippen MR) is 74.2 cm³/mol. The molecule has 0 fully saturated rings. The van der Waals surface area contributed by atoms with E-state index in [-0.39, 0.29) is 0 Å².